The summed E-state index contributed by atoms with van der Waals surface area (Å²) in [6, 6.07) is 32.0. The molecule has 0 saturated carbocycles. The third kappa shape index (κ3) is 5.50. The molecule has 1 aromatic heterocycles. The third-order valence-electron chi connectivity index (χ3n) is 5.89. The topological polar surface area (TPSA) is 71.1 Å². The molecule has 0 bridgehead atoms. The molecule has 0 aliphatic rings. The molecule has 0 spiro atoms. The molecule has 4 aromatic carbocycles. The molecule has 2 N–H and O–H groups in total. The number of hydrogen-bond acceptors (Lipinski definition) is 4. The number of anilines is 1. The zero-order chi connectivity index (χ0) is 24.9. The Morgan fingerprint density at radius 3 is 2.28 bits per heavy atom. The van der Waals surface area contributed by atoms with E-state index in [-0.39, 0.29) is 18.2 Å². The number of carbonyl (C=O) groups is 2. The van der Waals surface area contributed by atoms with Crippen LogP contribution in [0.1, 0.15) is 33.9 Å². The largest absolute Gasteiger partial charge is 0.345 e. The fourth-order valence-electron chi connectivity index (χ4n) is 4.02. The molecule has 6 heteroatoms. The molecule has 0 unspecified atom stereocenters. The number of hydrogen-bond donors (Lipinski definition) is 2. The third-order valence-corrected chi connectivity index (χ3v) is 6.96. The van der Waals surface area contributed by atoms with E-state index in [2.05, 4.69) is 29.7 Å². The van der Waals surface area contributed by atoms with Crippen LogP contribution < -0.4 is 10.6 Å². The van der Waals surface area contributed by atoms with Crippen LogP contribution in [0.3, 0.4) is 0 Å². The van der Waals surface area contributed by atoms with Crippen molar-refractivity contribution in [3.63, 3.8) is 0 Å². The van der Waals surface area contributed by atoms with E-state index in [0.29, 0.717) is 11.3 Å². The standard InChI is InChI=1S/C30H25N3O2S/c1-20-12-17-25-27(18-20)36-30(33-25)23-13-15-24(16-14-23)31-28(34)19-26(21-8-4-2-5-9-21)32-29(35)22-10-6-3-7-11-22/h2-18,26H,19H2,1H3,(H,31,34)(H,32,35)/t26-/m0/s1. The number of benzene rings is 4. The predicted octanol–water partition coefficient (Wildman–Crippen LogP) is 6.77. The Labute approximate surface area is 213 Å². The molecule has 36 heavy (non-hydrogen) atoms. The number of nitrogens with one attached hydrogen (secondary N) is 2. The molecule has 0 aliphatic heterocycles. The molecule has 0 saturated heterocycles. The summed E-state index contributed by atoms with van der Waals surface area (Å²) >= 11 is 1.66. The summed E-state index contributed by atoms with van der Waals surface area (Å²) in [5.41, 5.74) is 5.33. The fraction of sp³-hybridized carbons (Fsp3) is 0.100. The van der Waals surface area contributed by atoms with Crippen LogP contribution in [0.25, 0.3) is 20.8 Å². The molecule has 5 nitrogen and oxygen atoms in total. The Morgan fingerprint density at radius 2 is 1.56 bits per heavy atom. The van der Waals surface area contributed by atoms with E-state index in [1.54, 1.807) is 23.5 Å². The number of nitrogens with zero attached hydrogens (tertiary/aromatic N) is 1. The summed E-state index contributed by atoms with van der Waals surface area (Å²) in [6.45, 7) is 2.08. The molecule has 0 radical (unpaired) electrons. The summed E-state index contributed by atoms with van der Waals surface area (Å²) < 4.78 is 1.16. The fourth-order valence-corrected chi connectivity index (χ4v) is 5.09. The van der Waals surface area contributed by atoms with Gasteiger partial charge in [0.25, 0.3) is 5.91 Å². The van der Waals surface area contributed by atoms with Crippen LogP contribution in [0, 0.1) is 6.92 Å². The summed E-state index contributed by atoms with van der Waals surface area (Å²) in [6.07, 6.45) is 0.113. The molecule has 178 valence electrons. The highest BCUT2D eigenvalue weighted by atomic mass is 32.1. The molecule has 5 rings (SSSR count). The van der Waals surface area contributed by atoms with Crippen LogP contribution in [-0.2, 0) is 4.79 Å². The minimum absolute atomic E-state index is 0.113. The normalized spacial score (nSPS) is 11.7. The molecule has 0 fully saturated rings. The zero-order valence-electron chi connectivity index (χ0n) is 19.8. The summed E-state index contributed by atoms with van der Waals surface area (Å²) in [4.78, 5) is 30.5. The van der Waals surface area contributed by atoms with Gasteiger partial charge < -0.3 is 10.6 Å². The number of aromatic nitrogens is 1. The smallest absolute Gasteiger partial charge is 0.251 e. The van der Waals surface area contributed by atoms with E-state index >= 15 is 0 Å². The van der Waals surface area contributed by atoms with Crippen LogP contribution in [0.2, 0.25) is 0 Å². The van der Waals surface area contributed by atoms with Gasteiger partial charge >= 0.3 is 0 Å². The quantitative estimate of drug-likeness (QED) is 0.264. The number of rotatable bonds is 7. The average molecular weight is 492 g/mol. The molecule has 2 amide bonds. The van der Waals surface area contributed by atoms with Crippen molar-refractivity contribution in [2.24, 2.45) is 0 Å². The van der Waals surface area contributed by atoms with E-state index in [0.717, 1.165) is 26.4 Å². The van der Waals surface area contributed by atoms with Crippen molar-refractivity contribution < 1.29 is 9.59 Å². The minimum atomic E-state index is -0.454. The molecule has 0 aliphatic carbocycles. The first-order valence-electron chi connectivity index (χ1n) is 11.7. The van der Waals surface area contributed by atoms with Crippen LogP contribution >= 0.6 is 11.3 Å². The second-order valence-electron chi connectivity index (χ2n) is 8.62. The van der Waals surface area contributed by atoms with Crippen molar-refractivity contribution in [2.75, 3.05) is 5.32 Å². The zero-order valence-corrected chi connectivity index (χ0v) is 20.6. The second-order valence-corrected chi connectivity index (χ2v) is 9.65. The number of carbonyl (C=O) groups excluding carboxylic acids is 2. The molecule has 1 heterocycles. The van der Waals surface area contributed by atoms with Crippen molar-refractivity contribution >= 4 is 39.1 Å². The van der Waals surface area contributed by atoms with E-state index in [4.69, 9.17) is 4.98 Å². The van der Waals surface area contributed by atoms with Crippen molar-refractivity contribution in [1.29, 1.82) is 0 Å². The van der Waals surface area contributed by atoms with Gasteiger partial charge in [0.15, 0.2) is 0 Å². The highest BCUT2D eigenvalue weighted by molar-refractivity contribution is 7.21. The Bertz CT molecular complexity index is 1500. The van der Waals surface area contributed by atoms with Gasteiger partial charge in [-0.1, -0.05) is 54.6 Å². The number of thiazole rings is 1. The van der Waals surface area contributed by atoms with E-state index in [1.165, 1.54) is 5.56 Å². The van der Waals surface area contributed by atoms with Gasteiger partial charge in [-0.05, 0) is 66.6 Å². The van der Waals surface area contributed by atoms with E-state index in [9.17, 15) is 9.59 Å². The van der Waals surface area contributed by atoms with Gasteiger partial charge in [0.1, 0.15) is 5.01 Å². The average Bonchev–Trinajstić information content (AvgIpc) is 3.33. The maximum absolute atomic E-state index is 12.9. The van der Waals surface area contributed by atoms with Crippen LogP contribution in [0.4, 0.5) is 5.69 Å². The Balaban J connectivity index is 1.28. The number of aryl methyl sites for hydroxylation is 1. The van der Waals surface area contributed by atoms with E-state index in [1.807, 2.05) is 78.9 Å². The van der Waals surface area contributed by atoms with Gasteiger partial charge in [0.2, 0.25) is 5.91 Å². The molecule has 1 atom stereocenters. The SMILES string of the molecule is Cc1ccc2nc(-c3ccc(NC(=O)C[C@H](NC(=O)c4ccccc4)c4ccccc4)cc3)sc2c1. The van der Waals surface area contributed by atoms with Crippen molar-refractivity contribution in [3.05, 3.63) is 120 Å². The maximum Gasteiger partial charge on any atom is 0.251 e. The molecule has 5 aromatic rings. The van der Waals surface area contributed by atoms with E-state index < -0.39 is 6.04 Å². The first-order valence-corrected chi connectivity index (χ1v) is 12.6. The van der Waals surface area contributed by atoms with Crippen molar-refractivity contribution in [1.82, 2.24) is 10.3 Å². The molecular formula is C30H25N3O2S. The van der Waals surface area contributed by atoms with Crippen molar-refractivity contribution in [3.8, 4) is 10.6 Å². The highest BCUT2D eigenvalue weighted by Gasteiger charge is 2.19. The van der Waals surface area contributed by atoms with Crippen molar-refractivity contribution in [2.45, 2.75) is 19.4 Å². The van der Waals surface area contributed by atoms with Gasteiger partial charge in [-0.3, -0.25) is 9.59 Å². The Kier molecular flexibility index (Phi) is 6.87. The number of fused-ring (bicyclic) bond motifs is 1. The van der Waals surface area contributed by atoms with Gasteiger partial charge in [-0.25, -0.2) is 4.98 Å². The lowest BCUT2D eigenvalue weighted by Gasteiger charge is -2.19. The Morgan fingerprint density at radius 1 is 0.861 bits per heavy atom. The van der Waals surface area contributed by atoms with Crippen LogP contribution in [0.5, 0.6) is 0 Å². The lowest BCUT2D eigenvalue weighted by molar-refractivity contribution is -0.116. The highest BCUT2D eigenvalue weighted by Crippen LogP contribution is 2.31. The predicted molar refractivity (Wildman–Crippen MR) is 146 cm³/mol. The minimum Gasteiger partial charge on any atom is -0.345 e. The summed E-state index contributed by atoms with van der Waals surface area (Å²) in [7, 11) is 0. The maximum atomic E-state index is 12.9. The summed E-state index contributed by atoms with van der Waals surface area (Å²) in [5.74, 6) is -0.395. The summed E-state index contributed by atoms with van der Waals surface area (Å²) in [5, 5.41) is 6.91. The lowest BCUT2D eigenvalue weighted by Crippen LogP contribution is -2.31. The number of amides is 2. The first-order chi connectivity index (χ1) is 17.5. The second kappa shape index (κ2) is 10.5. The van der Waals surface area contributed by atoms with Gasteiger partial charge in [-0.15, -0.1) is 11.3 Å². The van der Waals surface area contributed by atoms with Gasteiger partial charge in [-0.2, -0.15) is 0 Å². The molecular weight excluding hydrogens is 466 g/mol. The van der Waals surface area contributed by atoms with Crippen LogP contribution in [0.15, 0.2) is 103 Å². The Hall–Kier alpha value is -4.29. The van der Waals surface area contributed by atoms with Gasteiger partial charge in [0.05, 0.1) is 22.7 Å². The van der Waals surface area contributed by atoms with Crippen LogP contribution in [-0.4, -0.2) is 16.8 Å². The first kappa shape index (κ1) is 23.5. The van der Waals surface area contributed by atoms with Gasteiger partial charge in [0, 0.05) is 16.8 Å². The monoisotopic (exact) mass is 491 g/mol. The lowest BCUT2D eigenvalue weighted by atomic mass is 10.0.